The summed E-state index contributed by atoms with van der Waals surface area (Å²) in [6.07, 6.45) is 4.53. The van der Waals surface area contributed by atoms with Crippen LogP contribution in [-0.4, -0.2) is 15.2 Å². The van der Waals surface area contributed by atoms with Crippen molar-refractivity contribution in [3.05, 3.63) is 0 Å². The van der Waals surface area contributed by atoms with Gasteiger partial charge in [-0.15, -0.1) is 0 Å². The van der Waals surface area contributed by atoms with Gasteiger partial charge in [0.2, 0.25) is 5.91 Å². The standard InChI is InChI=1S/C13H21Br2NO/c1-8-5-4-6-10(9(8)2)16-11(17)12(3)7-13(12,14)15/h8-10H,4-7H2,1-3H3,(H,16,17)/t8-,9+,10+,12+/m0/s1. The molecule has 2 rings (SSSR count). The molecule has 2 saturated carbocycles. The Kier molecular flexibility index (Phi) is 3.68. The molecule has 0 aromatic heterocycles. The molecule has 4 atom stereocenters. The lowest BCUT2D eigenvalue weighted by Gasteiger charge is -2.35. The number of carbonyl (C=O) groups excluding carboxylic acids is 1. The Labute approximate surface area is 121 Å². The summed E-state index contributed by atoms with van der Waals surface area (Å²) in [5.41, 5.74) is -0.284. The quantitative estimate of drug-likeness (QED) is 0.739. The molecule has 98 valence electrons. The third-order valence-electron chi connectivity index (χ3n) is 4.78. The molecule has 2 fully saturated rings. The third kappa shape index (κ3) is 2.44. The smallest absolute Gasteiger partial charge is 0.228 e. The van der Waals surface area contributed by atoms with E-state index in [1.807, 2.05) is 6.92 Å². The van der Waals surface area contributed by atoms with Gasteiger partial charge in [0.1, 0.15) is 0 Å². The van der Waals surface area contributed by atoms with E-state index in [0.29, 0.717) is 12.0 Å². The van der Waals surface area contributed by atoms with E-state index in [0.717, 1.165) is 18.8 Å². The Morgan fingerprint density at radius 2 is 1.88 bits per heavy atom. The van der Waals surface area contributed by atoms with Crippen LogP contribution < -0.4 is 5.32 Å². The van der Waals surface area contributed by atoms with Crippen LogP contribution in [0.15, 0.2) is 0 Å². The molecule has 2 aliphatic rings. The van der Waals surface area contributed by atoms with E-state index in [1.165, 1.54) is 12.8 Å². The second-order valence-corrected chi connectivity index (χ2v) is 9.83. The topological polar surface area (TPSA) is 29.1 Å². The van der Waals surface area contributed by atoms with Gasteiger partial charge in [-0.1, -0.05) is 58.5 Å². The molecular formula is C13H21Br2NO. The predicted molar refractivity (Wildman–Crippen MR) is 77.4 cm³/mol. The maximum atomic E-state index is 12.3. The van der Waals surface area contributed by atoms with Crippen molar-refractivity contribution in [1.29, 1.82) is 0 Å². The van der Waals surface area contributed by atoms with Crippen LogP contribution in [-0.2, 0) is 4.79 Å². The van der Waals surface area contributed by atoms with E-state index in [1.54, 1.807) is 0 Å². The highest BCUT2D eigenvalue weighted by Crippen LogP contribution is 2.66. The summed E-state index contributed by atoms with van der Waals surface area (Å²) in [7, 11) is 0. The zero-order chi connectivity index (χ0) is 12.8. The van der Waals surface area contributed by atoms with Crippen molar-refractivity contribution in [1.82, 2.24) is 5.32 Å². The van der Waals surface area contributed by atoms with Crippen molar-refractivity contribution in [2.24, 2.45) is 17.3 Å². The first-order valence-corrected chi connectivity index (χ1v) is 8.05. The van der Waals surface area contributed by atoms with E-state index < -0.39 is 0 Å². The maximum absolute atomic E-state index is 12.3. The minimum atomic E-state index is -0.284. The van der Waals surface area contributed by atoms with Gasteiger partial charge in [-0.2, -0.15) is 0 Å². The molecule has 0 aliphatic heterocycles. The zero-order valence-electron chi connectivity index (χ0n) is 10.7. The number of carbonyl (C=O) groups is 1. The molecule has 17 heavy (non-hydrogen) atoms. The van der Waals surface area contributed by atoms with Crippen LogP contribution in [0.4, 0.5) is 0 Å². The Bertz CT molecular complexity index is 331. The van der Waals surface area contributed by atoms with Gasteiger partial charge in [-0.05, 0) is 31.6 Å². The monoisotopic (exact) mass is 365 g/mol. The number of rotatable bonds is 2. The fourth-order valence-electron chi connectivity index (χ4n) is 2.76. The van der Waals surface area contributed by atoms with Gasteiger partial charge in [0.05, 0.1) is 8.65 Å². The first-order valence-electron chi connectivity index (χ1n) is 6.47. The van der Waals surface area contributed by atoms with Crippen LogP contribution in [0.5, 0.6) is 0 Å². The Morgan fingerprint density at radius 1 is 1.29 bits per heavy atom. The third-order valence-corrected chi connectivity index (χ3v) is 7.09. The summed E-state index contributed by atoms with van der Waals surface area (Å²) in [4.78, 5) is 12.3. The Balaban J connectivity index is 1.95. The summed E-state index contributed by atoms with van der Waals surface area (Å²) >= 11 is 7.11. The van der Waals surface area contributed by atoms with E-state index in [9.17, 15) is 4.79 Å². The number of halogens is 2. The van der Waals surface area contributed by atoms with Crippen molar-refractivity contribution >= 4 is 37.8 Å². The molecule has 0 radical (unpaired) electrons. The Morgan fingerprint density at radius 3 is 2.41 bits per heavy atom. The molecule has 0 spiro atoms. The van der Waals surface area contributed by atoms with Crippen LogP contribution in [0.1, 0.15) is 46.5 Å². The summed E-state index contributed by atoms with van der Waals surface area (Å²) in [6.45, 7) is 6.57. The lowest BCUT2D eigenvalue weighted by atomic mass is 9.78. The van der Waals surface area contributed by atoms with Gasteiger partial charge in [0.15, 0.2) is 0 Å². The SMILES string of the molecule is C[C@@H]1[C@@H](C)CCC[C@H]1NC(=O)[C@@]1(C)CC1(Br)Br. The van der Waals surface area contributed by atoms with Crippen molar-refractivity contribution in [2.75, 3.05) is 0 Å². The molecule has 0 saturated heterocycles. The molecule has 0 heterocycles. The summed E-state index contributed by atoms with van der Waals surface area (Å²) < 4.78 is -0.180. The van der Waals surface area contributed by atoms with E-state index >= 15 is 0 Å². The largest absolute Gasteiger partial charge is 0.353 e. The van der Waals surface area contributed by atoms with Crippen LogP contribution in [0.2, 0.25) is 0 Å². The zero-order valence-corrected chi connectivity index (χ0v) is 13.9. The maximum Gasteiger partial charge on any atom is 0.228 e. The van der Waals surface area contributed by atoms with E-state index in [4.69, 9.17) is 0 Å². The first kappa shape index (κ1) is 13.9. The summed E-state index contributed by atoms with van der Waals surface area (Å²) in [5, 5.41) is 3.26. The number of alkyl halides is 2. The second-order valence-electron chi connectivity index (χ2n) is 6.06. The molecule has 1 amide bonds. The fourth-order valence-corrected chi connectivity index (χ4v) is 4.24. The number of hydrogen-bond acceptors (Lipinski definition) is 1. The van der Waals surface area contributed by atoms with Gasteiger partial charge < -0.3 is 5.32 Å². The average Bonchev–Trinajstić information content (AvgIpc) is 2.75. The van der Waals surface area contributed by atoms with Crippen LogP contribution >= 0.6 is 31.9 Å². The molecule has 2 nitrogen and oxygen atoms in total. The van der Waals surface area contributed by atoms with Crippen LogP contribution in [0.25, 0.3) is 0 Å². The minimum Gasteiger partial charge on any atom is -0.353 e. The molecule has 0 aromatic rings. The van der Waals surface area contributed by atoms with Gasteiger partial charge in [0.25, 0.3) is 0 Å². The summed E-state index contributed by atoms with van der Waals surface area (Å²) in [5.74, 6) is 1.51. The fraction of sp³-hybridized carbons (Fsp3) is 0.923. The lowest BCUT2D eigenvalue weighted by molar-refractivity contribution is -0.127. The van der Waals surface area contributed by atoms with Crippen molar-refractivity contribution in [2.45, 2.75) is 55.7 Å². The molecule has 4 heteroatoms. The van der Waals surface area contributed by atoms with E-state index in [-0.39, 0.29) is 14.6 Å². The van der Waals surface area contributed by atoms with Crippen LogP contribution in [0.3, 0.4) is 0 Å². The number of nitrogens with one attached hydrogen (secondary N) is 1. The minimum absolute atomic E-state index is 0.180. The highest BCUT2D eigenvalue weighted by atomic mass is 79.9. The Hall–Kier alpha value is 0.430. The predicted octanol–water partition coefficient (Wildman–Crippen LogP) is 3.82. The molecule has 1 N–H and O–H groups in total. The number of amides is 1. The second kappa shape index (κ2) is 4.52. The normalized spacial score (nSPS) is 44.2. The first-order chi connectivity index (χ1) is 7.78. The van der Waals surface area contributed by atoms with Gasteiger partial charge in [0, 0.05) is 6.04 Å². The van der Waals surface area contributed by atoms with Crippen molar-refractivity contribution < 1.29 is 4.79 Å². The number of hydrogen-bond donors (Lipinski definition) is 1. The van der Waals surface area contributed by atoms with Crippen LogP contribution in [0, 0.1) is 17.3 Å². The average molecular weight is 367 g/mol. The van der Waals surface area contributed by atoms with Gasteiger partial charge >= 0.3 is 0 Å². The molecule has 0 bridgehead atoms. The molecule has 2 aliphatic carbocycles. The molecule has 0 unspecified atom stereocenters. The van der Waals surface area contributed by atoms with Gasteiger partial charge in [-0.3, -0.25) is 4.79 Å². The van der Waals surface area contributed by atoms with Crippen molar-refractivity contribution in [3.63, 3.8) is 0 Å². The highest BCUT2D eigenvalue weighted by molar-refractivity contribution is 9.25. The molecular weight excluding hydrogens is 346 g/mol. The molecule has 0 aromatic carbocycles. The summed E-state index contributed by atoms with van der Waals surface area (Å²) in [6, 6.07) is 0.361. The van der Waals surface area contributed by atoms with Crippen molar-refractivity contribution in [3.8, 4) is 0 Å². The highest BCUT2D eigenvalue weighted by Gasteiger charge is 2.66. The van der Waals surface area contributed by atoms with Gasteiger partial charge in [-0.25, -0.2) is 0 Å². The van der Waals surface area contributed by atoms with E-state index in [2.05, 4.69) is 51.0 Å². The lowest BCUT2D eigenvalue weighted by Crippen LogP contribution is -2.46.